The van der Waals surface area contributed by atoms with Crippen molar-refractivity contribution in [3.05, 3.63) is 35.4 Å². The van der Waals surface area contributed by atoms with Gasteiger partial charge in [0.25, 0.3) is 0 Å². The first kappa shape index (κ1) is 8.45. The summed E-state index contributed by atoms with van der Waals surface area (Å²) in [6, 6.07) is 8.81. The molecule has 0 amide bonds. The molecule has 0 bridgehead atoms. The molecule has 1 aromatic carbocycles. The van der Waals surface area contributed by atoms with Crippen LogP contribution in [0.3, 0.4) is 0 Å². The third-order valence-electron chi connectivity index (χ3n) is 2.43. The summed E-state index contributed by atoms with van der Waals surface area (Å²) in [5.41, 5.74) is 8.16. The first-order valence-corrected chi connectivity index (χ1v) is 4.71. The number of aliphatic imine (C=N–C) groups is 1. The summed E-state index contributed by atoms with van der Waals surface area (Å²) in [6.07, 6.45) is 4.01. The van der Waals surface area contributed by atoms with Gasteiger partial charge in [0.15, 0.2) is 0 Å². The predicted octanol–water partition coefficient (Wildman–Crippen LogP) is 1.38. The highest BCUT2D eigenvalue weighted by Crippen LogP contribution is 2.16. The molecule has 0 aromatic heterocycles. The monoisotopic (exact) mass is 174 g/mol. The van der Waals surface area contributed by atoms with Crippen LogP contribution in [0.2, 0.25) is 0 Å². The molecule has 1 aromatic rings. The van der Waals surface area contributed by atoms with Crippen LogP contribution in [0.1, 0.15) is 17.5 Å². The Morgan fingerprint density at radius 1 is 1.38 bits per heavy atom. The summed E-state index contributed by atoms with van der Waals surface area (Å²) in [5.74, 6) is 0. The maximum Gasteiger partial charge on any atom is 0.0552 e. The number of fused-ring (bicyclic) bond motifs is 1. The lowest BCUT2D eigenvalue weighted by Crippen LogP contribution is -2.18. The highest BCUT2D eigenvalue weighted by molar-refractivity contribution is 5.83. The number of hydrogen-bond donors (Lipinski definition) is 1. The second kappa shape index (κ2) is 3.71. The fourth-order valence-corrected chi connectivity index (χ4v) is 1.71. The Kier molecular flexibility index (Phi) is 2.41. The van der Waals surface area contributed by atoms with Crippen molar-refractivity contribution in [1.29, 1.82) is 0 Å². The van der Waals surface area contributed by atoms with Gasteiger partial charge in [-0.05, 0) is 30.5 Å². The predicted molar refractivity (Wildman–Crippen MR) is 55.2 cm³/mol. The number of rotatable bonds is 2. The van der Waals surface area contributed by atoms with Crippen LogP contribution in [0.4, 0.5) is 0 Å². The van der Waals surface area contributed by atoms with Crippen LogP contribution in [-0.4, -0.2) is 18.8 Å². The van der Waals surface area contributed by atoms with E-state index in [4.69, 9.17) is 5.73 Å². The van der Waals surface area contributed by atoms with E-state index in [9.17, 15) is 0 Å². The molecule has 0 aliphatic carbocycles. The summed E-state index contributed by atoms with van der Waals surface area (Å²) in [7, 11) is 0. The molecule has 2 N–H and O–H groups in total. The Morgan fingerprint density at radius 3 is 3.08 bits per heavy atom. The van der Waals surface area contributed by atoms with E-state index in [1.54, 1.807) is 0 Å². The van der Waals surface area contributed by atoms with Gasteiger partial charge in [0.1, 0.15) is 0 Å². The Labute approximate surface area is 78.5 Å². The Morgan fingerprint density at radius 2 is 2.23 bits per heavy atom. The molecule has 2 rings (SSSR count). The molecule has 1 atom stereocenters. The van der Waals surface area contributed by atoms with Crippen molar-refractivity contribution < 1.29 is 0 Å². The molecule has 2 heteroatoms. The largest absolute Gasteiger partial charge is 0.330 e. The van der Waals surface area contributed by atoms with E-state index in [0.717, 1.165) is 19.4 Å². The zero-order valence-electron chi connectivity index (χ0n) is 7.61. The van der Waals surface area contributed by atoms with Gasteiger partial charge in [-0.3, -0.25) is 4.99 Å². The van der Waals surface area contributed by atoms with Crippen molar-refractivity contribution in [2.75, 3.05) is 6.54 Å². The minimum absolute atomic E-state index is 0.403. The fraction of sp³-hybridized carbons (Fsp3) is 0.364. The standard InChI is InChI=1S/C11H14N2/c12-6-5-11-7-9-3-1-2-4-10(9)8-13-11/h1-4,8,11H,5-7,12H2/t11-/m1/s1. The van der Waals surface area contributed by atoms with Crippen molar-refractivity contribution in [2.24, 2.45) is 10.7 Å². The second-order valence-corrected chi connectivity index (χ2v) is 3.41. The fourth-order valence-electron chi connectivity index (χ4n) is 1.71. The molecule has 1 heterocycles. The molecule has 13 heavy (non-hydrogen) atoms. The lowest BCUT2D eigenvalue weighted by Gasteiger charge is -2.17. The molecule has 1 aliphatic rings. The molecular formula is C11H14N2. The smallest absolute Gasteiger partial charge is 0.0552 e. The van der Waals surface area contributed by atoms with Gasteiger partial charge in [-0.25, -0.2) is 0 Å². The number of hydrogen-bond acceptors (Lipinski definition) is 2. The topological polar surface area (TPSA) is 38.4 Å². The molecule has 0 fully saturated rings. The lowest BCUT2D eigenvalue weighted by molar-refractivity contribution is 0.617. The Bertz CT molecular complexity index is 318. The summed E-state index contributed by atoms with van der Waals surface area (Å²) >= 11 is 0. The van der Waals surface area contributed by atoms with Gasteiger partial charge in [0.05, 0.1) is 6.04 Å². The Balaban J connectivity index is 2.19. The molecule has 0 radical (unpaired) electrons. The van der Waals surface area contributed by atoms with E-state index in [1.165, 1.54) is 11.1 Å². The van der Waals surface area contributed by atoms with Crippen molar-refractivity contribution in [2.45, 2.75) is 18.9 Å². The summed E-state index contributed by atoms with van der Waals surface area (Å²) in [4.78, 5) is 4.46. The SMILES string of the molecule is NCC[C@@H]1Cc2ccccc2C=N1. The van der Waals surface area contributed by atoms with E-state index in [-0.39, 0.29) is 0 Å². The second-order valence-electron chi connectivity index (χ2n) is 3.41. The highest BCUT2D eigenvalue weighted by atomic mass is 14.8. The van der Waals surface area contributed by atoms with Crippen LogP contribution in [-0.2, 0) is 6.42 Å². The molecule has 68 valence electrons. The first-order chi connectivity index (χ1) is 6.40. The Hall–Kier alpha value is -1.15. The van der Waals surface area contributed by atoms with Crippen molar-refractivity contribution in [1.82, 2.24) is 0 Å². The van der Waals surface area contributed by atoms with Gasteiger partial charge in [0, 0.05) is 6.21 Å². The van der Waals surface area contributed by atoms with Crippen LogP contribution in [0.15, 0.2) is 29.3 Å². The summed E-state index contributed by atoms with van der Waals surface area (Å²) in [6.45, 7) is 0.726. The molecule has 0 saturated heterocycles. The van der Waals surface area contributed by atoms with Crippen molar-refractivity contribution in [3.63, 3.8) is 0 Å². The van der Waals surface area contributed by atoms with Gasteiger partial charge in [-0.1, -0.05) is 24.3 Å². The van der Waals surface area contributed by atoms with Crippen LogP contribution in [0, 0.1) is 0 Å². The van der Waals surface area contributed by atoms with Gasteiger partial charge < -0.3 is 5.73 Å². The third kappa shape index (κ3) is 1.78. The minimum atomic E-state index is 0.403. The summed E-state index contributed by atoms with van der Waals surface area (Å²) < 4.78 is 0. The third-order valence-corrected chi connectivity index (χ3v) is 2.43. The molecule has 0 saturated carbocycles. The van der Waals surface area contributed by atoms with Crippen LogP contribution < -0.4 is 5.73 Å². The molecule has 2 nitrogen and oxygen atoms in total. The maximum atomic E-state index is 5.51. The quantitative estimate of drug-likeness (QED) is 0.722. The lowest BCUT2D eigenvalue weighted by atomic mass is 9.97. The van der Waals surface area contributed by atoms with Gasteiger partial charge in [-0.15, -0.1) is 0 Å². The number of benzene rings is 1. The van der Waals surface area contributed by atoms with Crippen LogP contribution >= 0.6 is 0 Å². The normalized spacial score (nSPS) is 19.9. The number of nitrogens with zero attached hydrogens (tertiary/aromatic N) is 1. The average Bonchev–Trinajstić information content (AvgIpc) is 2.18. The summed E-state index contributed by atoms with van der Waals surface area (Å²) in [5, 5.41) is 0. The van der Waals surface area contributed by atoms with Gasteiger partial charge in [-0.2, -0.15) is 0 Å². The average molecular weight is 174 g/mol. The van der Waals surface area contributed by atoms with E-state index in [0.29, 0.717) is 6.04 Å². The van der Waals surface area contributed by atoms with Gasteiger partial charge in [0.2, 0.25) is 0 Å². The van der Waals surface area contributed by atoms with Crippen LogP contribution in [0.25, 0.3) is 0 Å². The maximum absolute atomic E-state index is 5.51. The van der Waals surface area contributed by atoms with E-state index in [2.05, 4.69) is 23.2 Å². The van der Waals surface area contributed by atoms with Gasteiger partial charge >= 0.3 is 0 Å². The highest BCUT2D eigenvalue weighted by Gasteiger charge is 2.12. The van der Waals surface area contributed by atoms with Crippen LogP contribution in [0.5, 0.6) is 0 Å². The first-order valence-electron chi connectivity index (χ1n) is 4.71. The van der Waals surface area contributed by atoms with E-state index < -0.39 is 0 Å². The van der Waals surface area contributed by atoms with E-state index in [1.807, 2.05) is 12.3 Å². The van der Waals surface area contributed by atoms with Crippen molar-refractivity contribution in [3.8, 4) is 0 Å². The van der Waals surface area contributed by atoms with Crippen molar-refractivity contribution >= 4 is 6.21 Å². The molecule has 1 aliphatic heterocycles. The minimum Gasteiger partial charge on any atom is -0.330 e. The molecule has 0 unspecified atom stereocenters. The number of nitrogens with two attached hydrogens (primary N) is 1. The molecular weight excluding hydrogens is 160 g/mol. The zero-order chi connectivity index (χ0) is 9.10. The zero-order valence-corrected chi connectivity index (χ0v) is 7.61. The van der Waals surface area contributed by atoms with E-state index >= 15 is 0 Å². The molecule has 0 spiro atoms.